The maximum atomic E-state index is 11.7. The summed E-state index contributed by atoms with van der Waals surface area (Å²) in [5.74, 6) is -0.197. The minimum Gasteiger partial charge on any atom is -0.481 e. The lowest BCUT2D eigenvalue weighted by Gasteiger charge is -2.04. The van der Waals surface area contributed by atoms with Crippen molar-refractivity contribution in [3.8, 4) is 5.75 Å². The van der Waals surface area contributed by atoms with Crippen molar-refractivity contribution < 1.29 is 19.4 Å². The van der Waals surface area contributed by atoms with Crippen LogP contribution in [0.15, 0.2) is 30.3 Å². The molecule has 0 fully saturated rings. The van der Waals surface area contributed by atoms with Crippen LogP contribution in [0.3, 0.4) is 0 Å². The molecule has 1 N–H and O–H groups in total. The summed E-state index contributed by atoms with van der Waals surface area (Å²) in [6, 6.07) is 9.23. The van der Waals surface area contributed by atoms with E-state index in [1.54, 1.807) is 12.1 Å². The third-order valence-corrected chi connectivity index (χ3v) is 4.50. The Hall–Kier alpha value is -1.84. The summed E-state index contributed by atoms with van der Waals surface area (Å²) in [4.78, 5) is 22.1. The highest BCUT2D eigenvalue weighted by atomic mass is 16.5. The number of ether oxygens (including phenoxy) is 1. The highest BCUT2D eigenvalue weighted by Crippen LogP contribution is 2.14. The summed E-state index contributed by atoms with van der Waals surface area (Å²) in [6.45, 7) is 0. The molecular weight excluding hydrogens is 328 g/mol. The standard InChI is InChI=1S/C22H34O4/c23-21(24)18-14-9-7-5-3-1-2-4-6-8-10-15-19-22(25)26-20-16-12-11-13-17-20/h11-13,16-17H,1-10,14-15,18-19H2,(H,23,24). The van der Waals surface area contributed by atoms with E-state index in [1.807, 2.05) is 18.2 Å². The monoisotopic (exact) mass is 362 g/mol. The lowest BCUT2D eigenvalue weighted by Crippen LogP contribution is -2.07. The number of unbranched alkanes of at least 4 members (excludes halogenated alkanes) is 11. The van der Waals surface area contributed by atoms with Crippen LogP contribution in [-0.2, 0) is 9.59 Å². The van der Waals surface area contributed by atoms with Gasteiger partial charge in [-0.25, -0.2) is 0 Å². The van der Waals surface area contributed by atoms with Crippen molar-refractivity contribution in [3.63, 3.8) is 0 Å². The van der Waals surface area contributed by atoms with Gasteiger partial charge in [0.15, 0.2) is 0 Å². The molecule has 0 bridgehead atoms. The van der Waals surface area contributed by atoms with E-state index in [0.29, 0.717) is 18.6 Å². The number of benzene rings is 1. The van der Waals surface area contributed by atoms with Gasteiger partial charge in [-0.15, -0.1) is 0 Å². The van der Waals surface area contributed by atoms with E-state index < -0.39 is 5.97 Å². The number of para-hydroxylation sites is 1. The number of rotatable bonds is 16. The van der Waals surface area contributed by atoms with Crippen molar-refractivity contribution >= 4 is 11.9 Å². The summed E-state index contributed by atoms with van der Waals surface area (Å²) >= 11 is 0. The number of esters is 1. The second-order valence-electron chi connectivity index (χ2n) is 6.92. The number of hydrogen-bond donors (Lipinski definition) is 1. The molecular formula is C22H34O4. The normalized spacial score (nSPS) is 10.6. The Labute approximate surface area is 158 Å². The summed E-state index contributed by atoms with van der Waals surface area (Å²) in [6.07, 6.45) is 14.6. The number of carbonyl (C=O) groups excluding carboxylic acids is 1. The number of aliphatic carboxylic acids is 1. The molecule has 1 aromatic carbocycles. The van der Waals surface area contributed by atoms with E-state index in [-0.39, 0.29) is 5.97 Å². The fraction of sp³-hybridized carbons (Fsp3) is 0.636. The molecule has 0 amide bonds. The van der Waals surface area contributed by atoms with Gasteiger partial charge in [0.25, 0.3) is 0 Å². The number of carboxylic acids is 1. The predicted molar refractivity (Wildman–Crippen MR) is 104 cm³/mol. The largest absolute Gasteiger partial charge is 0.481 e. The molecule has 4 heteroatoms. The molecule has 1 aromatic rings. The average molecular weight is 363 g/mol. The third-order valence-electron chi connectivity index (χ3n) is 4.50. The molecule has 0 saturated carbocycles. The van der Waals surface area contributed by atoms with Crippen LogP contribution in [0.4, 0.5) is 0 Å². The maximum Gasteiger partial charge on any atom is 0.311 e. The molecule has 0 radical (unpaired) electrons. The molecule has 0 spiro atoms. The summed E-state index contributed by atoms with van der Waals surface area (Å²) in [5.41, 5.74) is 0. The first kappa shape index (κ1) is 22.2. The van der Waals surface area contributed by atoms with E-state index in [4.69, 9.17) is 9.84 Å². The maximum absolute atomic E-state index is 11.7. The number of carbonyl (C=O) groups is 2. The average Bonchev–Trinajstić information content (AvgIpc) is 2.62. The van der Waals surface area contributed by atoms with Crippen molar-refractivity contribution in [3.05, 3.63) is 30.3 Å². The van der Waals surface area contributed by atoms with Gasteiger partial charge >= 0.3 is 11.9 Å². The Balaban J connectivity index is 1.79. The molecule has 0 heterocycles. The fourth-order valence-corrected chi connectivity index (χ4v) is 2.98. The van der Waals surface area contributed by atoms with Crippen LogP contribution >= 0.6 is 0 Å². The minimum atomic E-state index is -0.682. The zero-order valence-electron chi connectivity index (χ0n) is 16.0. The van der Waals surface area contributed by atoms with Gasteiger partial charge in [-0.2, -0.15) is 0 Å². The quantitative estimate of drug-likeness (QED) is 0.218. The third kappa shape index (κ3) is 13.5. The fourth-order valence-electron chi connectivity index (χ4n) is 2.98. The molecule has 1 rings (SSSR count). The van der Waals surface area contributed by atoms with Crippen LogP contribution in [0.25, 0.3) is 0 Å². The van der Waals surface area contributed by atoms with Crippen LogP contribution in [-0.4, -0.2) is 17.0 Å². The van der Waals surface area contributed by atoms with Crippen LogP contribution in [0.1, 0.15) is 89.9 Å². The van der Waals surface area contributed by atoms with E-state index in [1.165, 1.54) is 44.9 Å². The van der Waals surface area contributed by atoms with Crippen molar-refractivity contribution in [1.29, 1.82) is 0 Å². The number of hydrogen-bond acceptors (Lipinski definition) is 3. The topological polar surface area (TPSA) is 63.6 Å². The van der Waals surface area contributed by atoms with Crippen molar-refractivity contribution in [2.75, 3.05) is 0 Å². The minimum absolute atomic E-state index is 0.139. The highest BCUT2D eigenvalue weighted by Gasteiger charge is 2.04. The lowest BCUT2D eigenvalue weighted by molar-refractivity contribution is -0.137. The number of carboxylic acid groups (broad SMARTS) is 1. The van der Waals surface area contributed by atoms with Gasteiger partial charge in [0, 0.05) is 12.8 Å². The van der Waals surface area contributed by atoms with Crippen molar-refractivity contribution in [2.24, 2.45) is 0 Å². The lowest BCUT2D eigenvalue weighted by atomic mass is 10.0. The van der Waals surface area contributed by atoms with Crippen LogP contribution in [0.2, 0.25) is 0 Å². The van der Waals surface area contributed by atoms with Gasteiger partial charge in [-0.1, -0.05) is 82.4 Å². The predicted octanol–water partition coefficient (Wildman–Crippen LogP) is 6.14. The van der Waals surface area contributed by atoms with Crippen LogP contribution in [0, 0.1) is 0 Å². The molecule has 0 unspecified atom stereocenters. The van der Waals surface area contributed by atoms with Crippen LogP contribution in [0.5, 0.6) is 5.75 Å². The Morgan fingerprint density at radius 3 is 1.54 bits per heavy atom. The smallest absolute Gasteiger partial charge is 0.311 e. The van der Waals surface area contributed by atoms with Gasteiger partial charge in [0.05, 0.1) is 0 Å². The van der Waals surface area contributed by atoms with Crippen LogP contribution < -0.4 is 4.74 Å². The van der Waals surface area contributed by atoms with E-state index in [9.17, 15) is 9.59 Å². The summed E-state index contributed by atoms with van der Waals surface area (Å²) in [7, 11) is 0. The molecule has 0 aromatic heterocycles. The molecule has 4 nitrogen and oxygen atoms in total. The van der Waals surface area contributed by atoms with Gasteiger partial charge in [0.1, 0.15) is 5.75 Å². The second kappa shape index (κ2) is 15.4. The zero-order valence-corrected chi connectivity index (χ0v) is 16.0. The molecule has 0 aliphatic heterocycles. The van der Waals surface area contributed by atoms with Gasteiger partial charge in [0.2, 0.25) is 0 Å². The Bertz CT molecular complexity index is 484. The Morgan fingerprint density at radius 1 is 0.654 bits per heavy atom. The SMILES string of the molecule is O=C(O)CCCCCCCCCCCCCCC(=O)Oc1ccccc1. The molecule has 146 valence electrons. The van der Waals surface area contributed by atoms with Crippen molar-refractivity contribution in [2.45, 2.75) is 89.9 Å². The van der Waals surface area contributed by atoms with Crippen molar-refractivity contribution in [1.82, 2.24) is 0 Å². The summed E-state index contributed by atoms with van der Waals surface area (Å²) < 4.78 is 5.27. The second-order valence-corrected chi connectivity index (χ2v) is 6.92. The molecule has 0 atom stereocenters. The van der Waals surface area contributed by atoms with Gasteiger partial charge < -0.3 is 9.84 Å². The highest BCUT2D eigenvalue weighted by molar-refractivity contribution is 5.72. The molecule has 0 aliphatic carbocycles. The molecule has 26 heavy (non-hydrogen) atoms. The summed E-state index contributed by atoms with van der Waals surface area (Å²) in [5, 5.41) is 8.55. The first-order valence-electron chi connectivity index (χ1n) is 10.2. The zero-order chi connectivity index (χ0) is 18.9. The Kier molecular flexibility index (Phi) is 13.2. The first-order valence-corrected chi connectivity index (χ1v) is 10.2. The molecule has 0 saturated heterocycles. The van der Waals surface area contributed by atoms with Gasteiger partial charge in [-0.05, 0) is 25.0 Å². The van der Waals surface area contributed by atoms with E-state index in [0.717, 1.165) is 32.1 Å². The molecule has 0 aliphatic rings. The van der Waals surface area contributed by atoms with E-state index in [2.05, 4.69) is 0 Å². The van der Waals surface area contributed by atoms with E-state index >= 15 is 0 Å². The first-order chi connectivity index (χ1) is 12.7. The van der Waals surface area contributed by atoms with Gasteiger partial charge in [-0.3, -0.25) is 9.59 Å². The Morgan fingerprint density at radius 2 is 1.08 bits per heavy atom.